The molecule has 2 heterocycles. The Morgan fingerprint density at radius 3 is 3.10 bits per heavy atom. The van der Waals surface area contributed by atoms with Crippen molar-refractivity contribution < 1.29 is 4.79 Å². The van der Waals surface area contributed by atoms with Gasteiger partial charge in [-0.2, -0.15) is 0 Å². The van der Waals surface area contributed by atoms with Crippen molar-refractivity contribution in [3.05, 3.63) is 17.2 Å². The highest BCUT2D eigenvalue weighted by molar-refractivity contribution is 5.75. The fourth-order valence-corrected chi connectivity index (χ4v) is 2.86. The standard InChI is InChI=1S/C15H24N4O/c1-2-7-17-14(20)6-9-19-13-5-8-16-10-12(13)18-15(19)11-3-4-11/h11,16H,2-10H2,1H3,(H,17,20). The number of nitrogens with one attached hydrogen (secondary N) is 2. The SMILES string of the molecule is CCCNC(=O)CCn1c(C2CC2)nc2c1CCNC2. The molecule has 5 nitrogen and oxygen atoms in total. The number of carbonyl (C=O) groups excluding carboxylic acids is 1. The molecule has 0 spiro atoms. The van der Waals surface area contributed by atoms with Gasteiger partial charge in [0.1, 0.15) is 5.82 Å². The Balaban J connectivity index is 1.70. The number of rotatable bonds is 6. The van der Waals surface area contributed by atoms with Gasteiger partial charge < -0.3 is 15.2 Å². The zero-order chi connectivity index (χ0) is 13.9. The van der Waals surface area contributed by atoms with Crippen molar-refractivity contribution in [1.82, 2.24) is 20.2 Å². The summed E-state index contributed by atoms with van der Waals surface area (Å²) in [5, 5.41) is 6.33. The zero-order valence-electron chi connectivity index (χ0n) is 12.2. The molecule has 20 heavy (non-hydrogen) atoms. The van der Waals surface area contributed by atoms with Gasteiger partial charge in [-0.25, -0.2) is 4.98 Å². The molecule has 3 rings (SSSR count). The summed E-state index contributed by atoms with van der Waals surface area (Å²) in [4.78, 5) is 16.6. The maximum Gasteiger partial charge on any atom is 0.221 e. The Morgan fingerprint density at radius 1 is 1.50 bits per heavy atom. The minimum atomic E-state index is 0.157. The van der Waals surface area contributed by atoms with E-state index in [2.05, 4.69) is 22.1 Å². The van der Waals surface area contributed by atoms with Crippen LogP contribution in [0.3, 0.4) is 0 Å². The number of carbonyl (C=O) groups is 1. The summed E-state index contributed by atoms with van der Waals surface area (Å²) in [6, 6.07) is 0. The van der Waals surface area contributed by atoms with E-state index >= 15 is 0 Å². The Morgan fingerprint density at radius 2 is 2.35 bits per heavy atom. The molecule has 1 aliphatic carbocycles. The molecular weight excluding hydrogens is 252 g/mol. The van der Waals surface area contributed by atoms with E-state index in [1.54, 1.807) is 0 Å². The van der Waals surface area contributed by atoms with E-state index in [9.17, 15) is 4.79 Å². The van der Waals surface area contributed by atoms with Crippen molar-refractivity contribution in [2.45, 2.75) is 58.0 Å². The first-order chi connectivity index (χ1) is 9.79. The van der Waals surface area contributed by atoms with Crippen LogP contribution in [0.5, 0.6) is 0 Å². The molecule has 0 atom stereocenters. The first-order valence-corrected chi connectivity index (χ1v) is 7.85. The smallest absolute Gasteiger partial charge is 0.221 e. The lowest BCUT2D eigenvalue weighted by molar-refractivity contribution is -0.121. The number of fused-ring (bicyclic) bond motifs is 1. The maximum absolute atomic E-state index is 11.8. The van der Waals surface area contributed by atoms with Crippen LogP contribution < -0.4 is 10.6 Å². The quantitative estimate of drug-likeness (QED) is 0.824. The molecule has 0 unspecified atom stereocenters. The first kappa shape index (κ1) is 13.6. The third-order valence-electron chi connectivity index (χ3n) is 4.09. The Hall–Kier alpha value is -1.36. The maximum atomic E-state index is 11.8. The van der Waals surface area contributed by atoms with Gasteiger partial charge in [-0.1, -0.05) is 6.92 Å². The third-order valence-corrected chi connectivity index (χ3v) is 4.09. The van der Waals surface area contributed by atoms with Crippen LogP contribution in [0, 0.1) is 0 Å². The second-order valence-corrected chi connectivity index (χ2v) is 5.82. The molecule has 0 aromatic carbocycles. The van der Waals surface area contributed by atoms with Crippen LogP contribution >= 0.6 is 0 Å². The van der Waals surface area contributed by atoms with Gasteiger partial charge >= 0.3 is 0 Å². The molecule has 110 valence electrons. The molecule has 1 fully saturated rings. The van der Waals surface area contributed by atoms with Gasteiger partial charge in [-0.15, -0.1) is 0 Å². The lowest BCUT2D eigenvalue weighted by Gasteiger charge is -2.16. The van der Waals surface area contributed by atoms with Crippen molar-refractivity contribution in [3.8, 4) is 0 Å². The van der Waals surface area contributed by atoms with E-state index < -0.39 is 0 Å². The number of hydrogen-bond acceptors (Lipinski definition) is 3. The highest BCUT2D eigenvalue weighted by Gasteiger charge is 2.31. The highest BCUT2D eigenvalue weighted by Crippen LogP contribution is 2.40. The Kier molecular flexibility index (Phi) is 4.05. The van der Waals surface area contributed by atoms with Crippen LogP contribution in [-0.2, 0) is 24.3 Å². The molecule has 1 amide bonds. The Bertz CT molecular complexity index is 490. The van der Waals surface area contributed by atoms with Crippen LogP contribution in [-0.4, -0.2) is 28.5 Å². The normalized spacial score (nSPS) is 17.9. The molecule has 1 aromatic heterocycles. The van der Waals surface area contributed by atoms with E-state index in [0.29, 0.717) is 12.3 Å². The Labute approximate surface area is 120 Å². The number of nitrogens with zero attached hydrogens (tertiary/aromatic N) is 2. The lowest BCUT2D eigenvalue weighted by atomic mass is 10.2. The van der Waals surface area contributed by atoms with Crippen molar-refractivity contribution in [1.29, 1.82) is 0 Å². The van der Waals surface area contributed by atoms with E-state index in [0.717, 1.165) is 39.0 Å². The molecule has 2 aliphatic rings. The van der Waals surface area contributed by atoms with Crippen molar-refractivity contribution in [2.75, 3.05) is 13.1 Å². The predicted octanol–water partition coefficient (Wildman–Crippen LogP) is 1.32. The summed E-state index contributed by atoms with van der Waals surface area (Å²) in [6.07, 6.45) is 5.10. The van der Waals surface area contributed by atoms with Crippen LogP contribution in [0.1, 0.15) is 55.7 Å². The van der Waals surface area contributed by atoms with Crippen LogP contribution in [0.4, 0.5) is 0 Å². The van der Waals surface area contributed by atoms with Crippen molar-refractivity contribution in [3.63, 3.8) is 0 Å². The molecule has 2 N–H and O–H groups in total. The van der Waals surface area contributed by atoms with Crippen LogP contribution in [0.15, 0.2) is 0 Å². The topological polar surface area (TPSA) is 59.0 Å². The number of imidazole rings is 1. The molecule has 1 saturated carbocycles. The largest absolute Gasteiger partial charge is 0.356 e. The van der Waals surface area contributed by atoms with Gasteiger partial charge in [0.05, 0.1) is 5.69 Å². The molecule has 0 saturated heterocycles. The molecule has 0 radical (unpaired) electrons. The number of hydrogen-bond donors (Lipinski definition) is 2. The lowest BCUT2D eigenvalue weighted by Crippen LogP contribution is -2.27. The van der Waals surface area contributed by atoms with Gasteiger partial charge in [0.15, 0.2) is 0 Å². The number of aromatic nitrogens is 2. The third kappa shape index (κ3) is 2.87. The summed E-state index contributed by atoms with van der Waals surface area (Å²) in [5.74, 6) is 2.02. The number of amides is 1. The van der Waals surface area contributed by atoms with Crippen LogP contribution in [0.2, 0.25) is 0 Å². The zero-order valence-corrected chi connectivity index (χ0v) is 12.2. The monoisotopic (exact) mass is 276 g/mol. The second kappa shape index (κ2) is 5.95. The van der Waals surface area contributed by atoms with Gasteiger partial charge in [0, 0.05) is 50.6 Å². The van der Waals surface area contributed by atoms with Crippen LogP contribution in [0.25, 0.3) is 0 Å². The van der Waals surface area contributed by atoms with E-state index in [1.807, 2.05) is 0 Å². The highest BCUT2D eigenvalue weighted by atomic mass is 16.1. The van der Waals surface area contributed by atoms with Gasteiger partial charge in [-0.05, 0) is 19.3 Å². The van der Waals surface area contributed by atoms with E-state index in [-0.39, 0.29) is 5.91 Å². The first-order valence-electron chi connectivity index (χ1n) is 7.85. The average Bonchev–Trinajstić information content (AvgIpc) is 3.24. The summed E-state index contributed by atoms with van der Waals surface area (Å²) < 4.78 is 2.33. The summed E-state index contributed by atoms with van der Waals surface area (Å²) in [5.41, 5.74) is 2.56. The predicted molar refractivity (Wildman–Crippen MR) is 77.5 cm³/mol. The molecule has 5 heteroatoms. The molecule has 1 aromatic rings. The van der Waals surface area contributed by atoms with Gasteiger partial charge in [-0.3, -0.25) is 4.79 Å². The second-order valence-electron chi connectivity index (χ2n) is 5.82. The van der Waals surface area contributed by atoms with Crippen molar-refractivity contribution >= 4 is 5.91 Å². The fraction of sp³-hybridized carbons (Fsp3) is 0.733. The molecule has 1 aliphatic heterocycles. The summed E-state index contributed by atoms with van der Waals surface area (Å²) >= 11 is 0. The van der Waals surface area contributed by atoms with Crippen molar-refractivity contribution in [2.24, 2.45) is 0 Å². The van der Waals surface area contributed by atoms with E-state index in [1.165, 1.54) is 30.1 Å². The fourth-order valence-electron chi connectivity index (χ4n) is 2.86. The van der Waals surface area contributed by atoms with E-state index in [4.69, 9.17) is 4.98 Å². The average molecular weight is 276 g/mol. The summed E-state index contributed by atoms with van der Waals surface area (Å²) in [6.45, 7) is 5.53. The molecule has 0 bridgehead atoms. The van der Waals surface area contributed by atoms with Gasteiger partial charge in [0.2, 0.25) is 5.91 Å². The molecular formula is C15H24N4O. The summed E-state index contributed by atoms with van der Waals surface area (Å²) in [7, 11) is 0. The minimum Gasteiger partial charge on any atom is -0.356 e. The minimum absolute atomic E-state index is 0.157. The van der Waals surface area contributed by atoms with Gasteiger partial charge in [0.25, 0.3) is 0 Å².